The maximum atomic E-state index is 14.8. The van der Waals surface area contributed by atoms with Crippen molar-refractivity contribution < 1.29 is 48.4 Å². The lowest BCUT2D eigenvalue weighted by molar-refractivity contribution is -0.239. The highest BCUT2D eigenvalue weighted by molar-refractivity contribution is 6.02. The molecule has 2 aliphatic carbocycles. The molecule has 0 spiro atoms. The minimum absolute atomic E-state index is 0.00736. The third kappa shape index (κ3) is 9.03. The fourth-order valence-corrected chi connectivity index (χ4v) is 9.14. The molecular formula is C43H62O10. The van der Waals surface area contributed by atoms with Crippen LogP contribution in [0.15, 0.2) is 46.1 Å². The van der Waals surface area contributed by atoms with Crippen molar-refractivity contribution in [2.24, 2.45) is 29.1 Å². The molecule has 1 fully saturated rings. The molecule has 4 aliphatic rings. The van der Waals surface area contributed by atoms with Crippen molar-refractivity contribution in [1.29, 1.82) is 0 Å². The summed E-state index contributed by atoms with van der Waals surface area (Å²) in [5.41, 5.74) is -0.945. The largest absolute Gasteiger partial charge is 0.469 e. The number of aliphatic hydroxyl groups is 2. The Balaban J connectivity index is 2.05. The zero-order valence-corrected chi connectivity index (χ0v) is 33.5. The van der Waals surface area contributed by atoms with Gasteiger partial charge in [-0.1, -0.05) is 48.3 Å². The number of hydrogen-bond donors (Lipinski definition) is 2. The van der Waals surface area contributed by atoms with E-state index in [9.17, 15) is 34.2 Å². The molecule has 2 bridgehead atoms. The van der Waals surface area contributed by atoms with Crippen molar-refractivity contribution in [3.8, 4) is 0 Å². The number of methoxy groups -OCH3 is 1. The maximum Gasteiger partial charge on any atom is 0.313 e. The van der Waals surface area contributed by atoms with Crippen molar-refractivity contribution in [3.63, 3.8) is 0 Å². The second kappa shape index (κ2) is 16.7. The normalized spacial score (nSPS) is 38.7. The molecule has 0 aromatic carbocycles. The molecule has 0 aromatic heterocycles. The second-order valence-electron chi connectivity index (χ2n) is 17.1. The molecule has 10 nitrogen and oxygen atoms in total. The molecule has 0 aromatic rings. The average molecular weight is 739 g/mol. The van der Waals surface area contributed by atoms with E-state index in [2.05, 4.69) is 0 Å². The quantitative estimate of drug-likeness (QED) is 0.238. The number of rotatable bonds is 3. The Morgan fingerprint density at radius 3 is 2.25 bits per heavy atom. The smallest absolute Gasteiger partial charge is 0.313 e. The highest BCUT2D eigenvalue weighted by atomic mass is 16.6. The van der Waals surface area contributed by atoms with Crippen LogP contribution in [0.25, 0.3) is 0 Å². The van der Waals surface area contributed by atoms with E-state index in [1.54, 1.807) is 26.8 Å². The summed E-state index contributed by atoms with van der Waals surface area (Å²) < 4.78 is 17.9. The van der Waals surface area contributed by atoms with Crippen LogP contribution in [0, 0.1) is 29.1 Å². The molecule has 53 heavy (non-hydrogen) atoms. The zero-order valence-electron chi connectivity index (χ0n) is 33.5. The average Bonchev–Trinajstić information content (AvgIpc) is 3.06. The predicted octanol–water partition coefficient (Wildman–Crippen LogP) is 6.66. The Morgan fingerprint density at radius 1 is 0.943 bits per heavy atom. The van der Waals surface area contributed by atoms with Gasteiger partial charge < -0.3 is 24.4 Å². The molecular weight excluding hydrogens is 676 g/mol. The highest BCUT2D eigenvalue weighted by Gasteiger charge is 2.60. The Labute approximate surface area is 315 Å². The van der Waals surface area contributed by atoms with Gasteiger partial charge in [0.15, 0.2) is 11.6 Å². The van der Waals surface area contributed by atoms with Crippen molar-refractivity contribution in [3.05, 3.63) is 46.1 Å². The highest BCUT2D eigenvalue weighted by Crippen LogP contribution is 2.56. The van der Waals surface area contributed by atoms with Crippen LogP contribution in [0.5, 0.6) is 0 Å². The summed E-state index contributed by atoms with van der Waals surface area (Å²) in [5.74, 6) is -4.86. The minimum atomic E-state index is -1.73. The van der Waals surface area contributed by atoms with Gasteiger partial charge in [0.25, 0.3) is 0 Å². The van der Waals surface area contributed by atoms with Gasteiger partial charge in [0.1, 0.15) is 17.5 Å². The number of ether oxygens (including phenoxy) is 3. The molecule has 2 N–H and O–H groups in total. The third-order valence-corrected chi connectivity index (χ3v) is 12.6. The monoisotopic (exact) mass is 738 g/mol. The van der Waals surface area contributed by atoms with Gasteiger partial charge in [-0.05, 0) is 104 Å². The van der Waals surface area contributed by atoms with E-state index < -0.39 is 64.6 Å². The standard InChI is InChI=1S/C43H62O10/c1-24(2)30-21-34(45)27(5)13-11-12-25(3)19-35(46)33-20-28(6)31-22-39(52-29(7)44)42(9,50)38-16-17-41(8,49)37(53-38)15-14-26(4)18-32(31)43(33,23-36(30)47)40(48)51-10/h13,18-19,24,30,32-33,37-39,49-50H,11-12,14-17,20-23H2,1-10H3/b25-19?,26-18-,27-13-/t30-,32-,33+,37-,38+,39-,41+,42+,43-/m0/s1. The third-order valence-electron chi connectivity index (χ3n) is 12.6. The minimum Gasteiger partial charge on any atom is -0.469 e. The first-order valence-corrected chi connectivity index (χ1v) is 19.3. The van der Waals surface area contributed by atoms with Gasteiger partial charge in [0.2, 0.25) is 0 Å². The number of esters is 2. The number of fused-ring (bicyclic) bond motifs is 5. The Kier molecular flexibility index (Phi) is 13.4. The summed E-state index contributed by atoms with van der Waals surface area (Å²) in [6.45, 7) is 15.7. The summed E-state index contributed by atoms with van der Waals surface area (Å²) in [6.07, 6.45) is 5.18. The lowest BCUT2D eigenvalue weighted by Crippen LogP contribution is -2.59. The van der Waals surface area contributed by atoms with Crippen LogP contribution in [0.2, 0.25) is 0 Å². The number of carbonyl (C=O) groups is 5. The summed E-state index contributed by atoms with van der Waals surface area (Å²) in [4.78, 5) is 70.3. The van der Waals surface area contributed by atoms with E-state index in [0.29, 0.717) is 49.7 Å². The lowest BCUT2D eigenvalue weighted by Gasteiger charge is -2.50. The van der Waals surface area contributed by atoms with Crippen LogP contribution in [0.4, 0.5) is 0 Å². The second-order valence-corrected chi connectivity index (χ2v) is 17.1. The molecule has 2 aliphatic heterocycles. The van der Waals surface area contributed by atoms with Crippen LogP contribution in [-0.4, -0.2) is 76.1 Å². The Hall–Kier alpha value is -3.21. The van der Waals surface area contributed by atoms with Gasteiger partial charge in [-0.15, -0.1) is 0 Å². The number of ketones is 3. The number of carbonyl (C=O) groups excluding carboxylic acids is 5. The topological polar surface area (TPSA) is 154 Å². The van der Waals surface area contributed by atoms with Crippen molar-refractivity contribution >= 4 is 29.3 Å². The predicted molar refractivity (Wildman–Crippen MR) is 200 cm³/mol. The van der Waals surface area contributed by atoms with Crippen LogP contribution < -0.4 is 0 Å². The van der Waals surface area contributed by atoms with Crippen molar-refractivity contribution in [2.45, 2.75) is 156 Å². The molecule has 1 saturated heterocycles. The molecule has 9 atom stereocenters. The van der Waals surface area contributed by atoms with E-state index in [-0.39, 0.29) is 49.0 Å². The van der Waals surface area contributed by atoms with Crippen LogP contribution >= 0.6 is 0 Å². The van der Waals surface area contributed by atoms with Crippen LogP contribution in [0.3, 0.4) is 0 Å². The van der Waals surface area contributed by atoms with Gasteiger partial charge in [-0.2, -0.15) is 0 Å². The summed E-state index contributed by atoms with van der Waals surface area (Å²) in [7, 11) is 1.26. The number of allylic oxidation sites excluding steroid dienone is 7. The van der Waals surface area contributed by atoms with E-state index in [0.717, 1.165) is 16.7 Å². The van der Waals surface area contributed by atoms with Crippen LogP contribution in [-0.2, 0) is 38.2 Å². The number of hydrogen-bond acceptors (Lipinski definition) is 10. The molecule has 0 saturated carbocycles. The van der Waals surface area contributed by atoms with Crippen LogP contribution in [0.1, 0.15) is 127 Å². The Morgan fingerprint density at radius 2 is 1.62 bits per heavy atom. The van der Waals surface area contributed by atoms with Crippen molar-refractivity contribution in [2.75, 3.05) is 7.11 Å². The summed E-state index contributed by atoms with van der Waals surface area (Å²) in [6, 6.07) is 0. The molecule has 0 unspecified atom stereocenters. The van der Waals surface area contributed by atoms with Crippen molar-refractivity contribution in [1.82, 2.24) is 0 Å². The molecule has 0 amide bonds. The molecule has 0 radical (unpaired) electrons. The lowest BCUT2D eigenvalue weighted by atomic mass is 9.53. The van der Waals surface area contributed by atoms with Gasteiger partial charge in [0, 0.05) is 43.9 Å². The fraction of sp³-hybridized carbons (Fsp3) is 0.698. The van der Waals surface area contributed by atoms with Gasteiger partial charge in [0.05, 0.1) is 30.3 Å². The summed E-state index contributed by atoms with van der Waals surface area (Å²) in [5, 5.41) is 23.6. The molecule has 4 rings (SSSR count). The van der Waals surface area contributed by atoms with E-state index in [1.807, 2.05) is 46.8 Å². The van der Waals surface area contributed by atoms with E-state index >= 15 is 0 Å². The first kappa shape index (κ1) is 42.5. The first-order valence-electron chi connectivity index (χ1n) is 19.3. The number of Topliss-reactive ketones (excluding diaryl/α,β-unsaturated/α-hetero) is 2. The van der Waals surface area contributed by atoms with Gasteiger partial charge in [-0.25, -0.2) is 0 Å². The molecule has 294 valence electrons. The SMILES string of the molecule is COC(=O)[C@]12CC(=O)[C@H](C(C)C)CC(=O)/C(C)=C\CCC(C)=CC(=O)[C@H]1CC(C)=C1C[C@H](OC(C)=O)[C@](C)(O)[C@H]3CC[C@@](C)(O)[C@H](CC/C(C)=C\[C@@H]12)O3. The van der Waals surface area contributed by atoms with E-state index in [1.165, 1.54) is 14.0 Å². The van der Waals surface area contributed by atoms with E-state index in [4.69, 9.17) is 14.2 Å². The fourth-order valence-electron chi connectivity index (χ4n) is 9.14. The first-order chi connectivity index (χ1) is 24.6. The zero-order chi connectivity index (χ0) is 39.6. The molecule has 10 heteroatoms. The van der Waals surface area contributed by atoms with Gasteiger partial charge in [-0.3, -0.25) is 24.0 Å². The maximum absolute atomic E-state index is 14.8. The van der Waals surface area contributed by atoms with Gasteiger partial charge >= 0.3 is 11.9 Å². The molecule has 2 heterocycles. The summed E-state index contributed by atoms with van der Waals surface area (Å²) >= 11 is 0. The Bertz CT molecular complexity index is 1590.